The molecule has 1 aliphatic heterocycles. The first-order valence-corrected chi connectivity index (χ1v) is 10.4. The fourth-order valence-corrected chi connectivity index (χ4v) is 3.56. The lowest BCUT2D eigenvalue weighted by molar-refractivity contribution is -0.156. The van der Waals surface area contributed by atoms with Gasteiger partial charge in [-0.25, -0.2) is 0 Å². The molecule has 1 fully saturated rings. The number of aliphatic hydroxyl groups excluding tert-OH is 1. The minimum atomic E-state index is -2.04. The van der Waals surface area contributed by atoms with Crippen molar-refractivity contribution in [2.75, 3.05) is 6.61 Å². The van der Waals surface area contributed by atoms with Crippen molar-refractivity contribution in [1.29, 1.82) is 0 Å². The number of ether oxygens (including phenoxy) is 2. The zero-order valence-electron chi connectivity index (χ0n) is 14.3. The minimum absolute atomic E-state index is 0.0395. The van der Waals surface area contributed by atoms with Gasteiger partial charge in [-0.1, -0.05) is 20.8 Å². The highest BCUT2D eigenvalue weighted by Crippen LogP contribution is 2.40. The molecule has 0 bridgehead atoms. The molecule has 0 aromatic rings. The summed E-state index contributed by atoms with van der Waals surface area (Å²) < 4.78 is 17.9. The van der Waals surface area contributed by atoms with E-state index < -0.39 is 26.3 Å². The molecule has 21 heavy (non-hydrogen) atoms. The van der Waals surface area contributed by atoms with Crippen LogP contribution in [0.25, 0.3) is 0 Å². The van der Waals surface area contributed by atoms with E-state index in [4.69, 9.17) is 13.9 Å². The van der Waals surface area contributed by atoms with Crippen molar-refractivity contribution in [2.45, 2.75) is 83.3 Å². The Labute approximate surface area is 129 Å². The van der Waals surface area contributed by atoms with Crippen molar-refractivity contribution >= 4 is 14.6 Å². The van der Waals surface area contributed by atoms with E-state index in [1.54, 1.807) is 13.8 Å². The average molecular weight is 318 g/mol. The minimum Gasteiger partial charge on any atom is -0.411 e. The van der Waals surface area contributed by atoms with Crippen LogP contribution in [0.15, 0.2) is 0 Å². The smallest absolute Gasteiger partial charge is 0.192 e. The number of carbonyl (C=O) groups is 1. The van der Waals surface area contributed by atoms with Gasteiger partial charge in [0.2, 0.25) is 0 Å². The molecule has 1 aliphatic rings. The van der Waals surface area contributed by atoms with Crippen molar-refractivity contribution in [2.24, 2.45) is 0 Å². The SMILES string of the molecule is CC1(C)O[C@H]([C@H](CC=O)O[Si](C)(C)C(C)(C)C)[C@@H](CO)O1. The second-order valence-electron chi connectivity index (χ2n) is 7.64. The van der Waals surface area contributed by atoms with Crippen molar-refractivity contribution in [3.8, 4) is 0 Å². The standard InChI is InChI=1S/C15H30O5Si/c1-14(2,3)21(6,7)20-11(8-9-16)13-12(10-17)18-15(4,5)19-13/h9,11-13,17H,8,10H2,1-7H3/t11-,12+,13+/m0/s1. The molecule has 0 saturated carbocycles. The second-order valence-corrected chi connectivity index (χ2v) is 12.4. The van der Waals surface area contributed by atoms with Crippen molar-refractivity contribution in [3.63, 3.8) is 0 Å². The monoisotopic (exact) mass is 318 g/mol. The molecule has 0 aliphatic carbocycles. The van der Waals surface area contributed by atoms with E-state index in [-0.39, 0.29) is 24.2 Å². The molecule has 5 nitrogen and oxygen atoms in total. The largest absolute Gasteiger partial charge is 0.411 e. The third-order valence-corrected chi connectivity index (χ3v) is 8.85. The van der Waals surface area contributed by atoms with Crippen LogP contribution in [0.5, 0.6) is 0 Å². The van der Waals surface area contributed by atoms with E-state index in [1.807, 2.05) is 0 Å². The van der Waals surface area contributed by atoms with E-state index in [2.05, 4.69) is 33.9 Å². The molecule has 124 valence electrons. The molecule has 0 aromatic carbocycles. The molecule has 3 atom stereocenters. The Morgan fingerprint density at radius 3 is 2.33 bits per heavy atom. The van der Waals surface area contributed by atoms with Crippen LogP contribution in [-0.2, 0) is 18.7 Å². The molecule has 6 heteroatoms. The van der Waals surface area contributed by atoms with Crippen LogP contribution in [0.4, 0.5) is 0 Å². The highest BCUT2D eigenvalue weighted by molar-refractivity contribution is 6.74. The lowest BCUT2D eigenvalue weighted by Crippen LogP contribution is -2.49. The van der Waals surface area contributed by atoms with Gasteiger partial charge in [0.25, 0.3) is 0 Å². The molecule has 0 unspecified atom stereocenters. The summed E-state index contributed by atoms with van der Waals surface area (Å²) in [5, 5.41) is 9.55. The summed E-state index contributed by atoms with van der Waals surface area (Å²) >= 11 is 0. The van der Waals surface area contributed by atoms with Crippen LogP contribution in [-0.4, -0.2) is 50.4 Å². The number of aldehydes is 1. The predicted molar refractivity (Wildman–Crippen MR) is 83.7 cm³/mol. The quantitative estimate of drug-likeness (QED) is 0.602. The highest BCUT2D eigenvalue weighted by atomic mass is 28.4. The summed E-state index contributed by atoms with van der Waals surface area (Å²) in [6.07, 6.45) is -0.185. The van der Waals surface area contributed by atoms with E-state index in [0.29, 0.717) is 0 Å². The Balaban J connectivity index is 2.94. The summed E-state index contributed by atoms with van der Waals surface area (Å²) in [6, 6.07) is 0. The molecule has 0 radical (unpaired) electrons. The Morgan fingerprint density at radius 2 is 1.90 bits per heavy atom. The molecule has 1 saturated heterocycles. The van der Waals surface area contributed by atoms with Crippen LogP contribution < -0.4 is 0 Å². The fourth-order valence-electron chi connectivity index (χ4n) is 2.22. The van der Waals surface area contributed by atoms with Gasteiger partial charge in [-0.15, -0.1) is 0 Å². The fraction of sp³-hybridized carbons (Fsp3) is 0.933. The first-order chi connectivity index (χ1) is 9.43. The molecular formula is C15H30O5Si. The maximum Gasteiger partial charge on any atom is 0.192 e. The zero-order chi connectivity index (χ0) is 16.5. The molecule has 1 N–H and O–H groups in total. The summed E-state index contributed by atoms with van der Waals surface area (Å²) in [6.45, 7) is 14.2. The van der Waals surface area contributed by atoms with Crippen LogP contribution >= 0.6 is 0 Å². The van der Waals surface area contributed by atoms with Gasteiger partial charge in [-0.3, -0.25) is 0 Å². The Kier molecular flexibility index (Phi) is 5.77. The normalized spacial score (nSPS) is 27.6. The highest BCUT2D eigenvalue weighted by Gasteiger charge is 2.48. The van der Waals surface area contributed by atoms with Crippen molar-refractivity contribution < 1.29 is 23.8 Å². The van der Waals surface area contributed by atoms with Gasteiger partial charge < -0.3 is 23.8 Å². The maximum absolute atomic E-state index is 11.0. The van der Waals surface area contributed by atoms with Gasteiger partial charge in [0.1, 0.15) is 18.5 Å². The van der Waals surface area contributed by atoms with E-state index >= 15 is 0 Å². The zero-order valence-corrected chi connectivity index (χ0v) is 15.3. The van der Waals surface area contributed by atoms with Gasteiger partial charge in [-0.2, -0.15) is 0 Å². The molecule has 1 heterocycles. The third-order valence-electron chi connectivity index (χ3n) is 4.35. The molecule has 0 spiro atoms. The summed E-state index contributed by atoms with van der Waals surface area (Å²) in [5.41, 5.74) is 0. The first-order valence-electron chi connectivity index (χ1n) is 7.51. The Hall–Kier alpha value is -0.273. The molecule has 0 aromatic heterocycles. The van der Waals surface area contributed by atoms with Crippen LogP contribution in [0.2, 0.25) is 18.1 Å². The predicted octanol–water partition coefficient (Wildman–Crippen LogP) is 2.48. The van der Waals surface area contributed by atoms with E-state index in [0.717, 1.165) is 6.29 Å². The summed E-state index contributed by atoms with van der Waals surface area (Å²) in [7, 11) is -2.04. The van der Waals surface area contributed by atoms with Gasteiger partial charge in [0, 0.05) is 6.42 Å². The van der Waals surface area contributed by atoms with Gasteiger partial charge in [0.15, 0.2) is 14.1 Å². The molecule has 0 amide bonds. The maximum atomic E-state index is 11.0. The lowest BCUT2D eigenvalue weighted by Gasteiger charge is -2.40. The van der Waals surface area contributed by atoms with Crippen molar-refractivity contribution in [1.82, 2.24) is 0 Å². The van der Waals surface area contributed by atoms with Gasteiger partial charge >= 0.3 is 0 Å². The number of hydrogen-bond acceptors (Lipinski definition) is 5. The average Bonchev–Trinajstić information content (AvgIpc) is 2.62. The topological polar surface area (TPSA) is 65.0 Å². The number of carbonyl (C=O) groups excluding carboxylic acids is 1. The molecule has 1 rings (SSSR count). The number of hydrogen-bond donors (Lipinski definition) is 1. The number of aliphatic hydroxyl groups is 1. The lowest BCUT2D eigenvalue weighted by atomic mass is 10.1. The van der Waals surface area contributed by atoms with E-state index in [1.165, 1.54) is 0 Å². The third kappa shape index (κ3) is 4.60. The van der Waals surface area contributed by atoms with E-state index in [9.17, 15) is 9.90 Å². The summed E-state index contributed by atoms with van der Waals surface area (Å²) in [5.74, 6) is -0.768. The second kappa shape index (κ2) is 6.46. The van der Waals surface area contributed by atoms with Crippen molar-refractivity contribution in [3.05, 3.63) is 0 Å². The summed E-state index contributed by atoms with van der Waals surface area (Å²) in [4.78, 5) is 11.0. The molecular weight excluding hydrogens is 288 g/mol. The van der Waals surface area contributed by atoms with Gasteiger partial charge in [0.05, 0.1) is 12.7 Å². The number of rotatable bonds is 6. The van der Waals surface area contributed by atoms with Gasteiger partial charge in [-0.05, 0) is 32.0 Å². The van der Waals surface area contributed by atoms with Crippen LogP contribution in [0, 0.1) is 0 Å². The Bertz CT molecular complexity index is 362. The van der Waals surface area contributed by atoms with Crippen LogP contribution in [0.1, 0.15) is 41.0 Å². The Morgan fingerprint density at radius 1 is 1.33 bits per heavy atom. The first kappa shape index (κ1) is 18.8. The van der Waals surface area contributed by atoms with Crippen LogP contribution in [0.3, 0.4) is 0 Å².